The molecule has 3 aromatic carbocycles. The normalized spacial score (nSPS) is 19.6. The summed E-state index contributed by atoms with van der Waals surface area (Å²) in [6, 6.07) is 19.6. The molecule has 4 rings (SSSR count). The molecule has 0 radical (unpaired) electrons. The number of sulfonamides is 1. The highest BCUT2D eigenvalue weighted by Gasteiger charge is 2.54. The molecule has 0 aliphatic carbocycles. The van der Waals surface area contributed by atoms with Gasteiger partial charge in [0, 0.05) is 11.6 Å². The molecule has 0 spiro atoms. The molecule has 0 bridgehead atoms. The summed E-state index contributed by atoms with van der Waals surface area (Å²) in [7, 11) is -2.07. The number of para-hydroxylation sites is 1. The van der Waals surface area contributed by atoms with Crippen molar-refractivity contribution in [2.24, 2.45) is 0 Å². The standard InChI is InChI=1S/C24H24FNO4S/c1-30-20-14-15-21(22(27)16-20)24-23(9-5-6-17-10-12-18(25)13-11-17)31(28,29)26(24)19-7-3-2-4-8-19/h2-4,7-8,10-16,23-24,27H,5-6,9H2,1H3/t23-,24+/m0/s1. The summed E-state index contributed by atoms with van der Waals surface area (Å²) in [5.41, 5.74) is 2.07. The predicted octanol–water partition coefficient (Wildman–Crippen LogP) is 4.82. The number of anilines is 1. The zero-order chi connectivity index (χ0) is 22.0. The van der Waals surface area contributed by atoms with Crippen LogP contribution in [0.25, 0.3) is 0 Å². The van der Waals surface area contributed by atoms with E-state index in [0.717, 1.165) is 5.56 Å². The lowest BCUT2D eigenvalue weighted by molar-refractivity contribution is 0.402. The van der Waals surface area contributed by atoms with Crippen LogP contribution in [0.1, 0.15) is 30.0 Å². The maximum absolute atomic E-state index is 13.2. The number of nitrogens with zero attached hydrogens (tertiary/aromatic N) is 1. The fourth-order valence-corrected chi connectivity index (χ4v) is 6.28. The molecule has 31 heavy (non-hydrogen) atoms. The third kappa shape index (κ3) is 4.10. The molecule has 1 fully saturated rings. The zero-order valence-electron chi connectivity index (χ0n) is 17.1. The van der Waals surface area contributed by atoms with E-state index in [9.17, 15) is 17.9 Å². The number of methoxy groups -OCH3 is 1. The van der Waals surface area contributed by atoms with Gasteiger partial charge in [0.05, 0.1) is 18.8 Å². The Morgan fingerprint density at radius 2 is 1.74 bits per heavy atom. The van der Waals surface area contributed by atoms with Crippen LogP contribution in [0.5, 0.6) is 11.5 Å². The van der Waals surface area contributed by atoms with Crippen LogP contribution in [0.15, 0.2) is 72.8 Å². The van der Waals surface area contributed by atoms with Crippen molar-refractivity contribution in [3.63, 3.8) is 0 Å². The van der Waals surface area contributed by atoms with E-state index >= 15 is 0 Å². The van der Waals surface area contributed by atoms with E-state index in [1.165, 1.54) is 29.6 Å². The van der Waals surface area contributed by atoms with Gasteiger partial charge in [-0.2, -0.15) is 0 Å². The number of phenols is 1. The molecular weight excluding hydrogens is 417 g/mol. The molecule has 162 valence electrons. The monoisotopic (exact) mass is 441 g/mol. The van der Waals surface area contributed by atoms with E-state index < -0.39 is 21.3 Å². The van der Waals surface area contributed by atoms with Gasteiger partial charge in [-0.25, -0.2) is 12.8 Å². The van der Waals surface area contributed by atoms with Gasteiger partial charge in [0.2, 0.25) is 10.0 Å². The van der Waals surface area contributed by atoms with Gasteiger partial charge in [-0.15, -0.1) is 0 Å². The third-order valence-corrected chi connectivity index (χ3v) is 7.94. The van der Waals surface area contributed by atoms with Gasteiger partial charge in [-0.3, -0.25) is 4.31 Å². The molecule has 0 unspecified atom stereocenters. The Balaban J connectivity index is 1.61. The van der Waals surface area contributed by atoms with Crippen LogP contribution >= 0.6 is 0 Å². The van der Waals surface area contributed by atoms with E-state index in [1.54, 1.807) is 48.5 Å². The number of aromatic hydroxyl groups is 1. The lowest BCUT2D eigenvalue weighted by atomic mass is 9.96. The quantitative estimate of drug-likeness (QED) is 0.571. The van der Waals surface area contributed by atoms with Crippen molar-refractivity contribution >= 4 is 15.7 Å². The number of phenolic OH excluding ortho intramolecular Hbond substituents is 1. The Morgan fingerprint density at radius 1 is 1.03 bits per heavy atom. The topological polar surface area (TPSA) is 66.8 Å². The highest BCUT2D eigenvalue weighted by molar-refractivity contribution is 7.95. The summed E-state index contributed by atoms with van der Waals surface area (Å²) >= 11 is 0. The number of benzene rings is 3. The van der Waals surface area contributed by atoms with Crippen LogP contribution in [0.2, 0.25) is 0 Å². The maximum Gasteiger partial charge on any atom is 0.241 e. The van der Waals surface area contributed by atoms with Crippen LogP contribution in [0.3, 0.4) is 0 Å². The highest BCUT2D eigenvalue weighted by Crippen LogP contribution is 2.49. The summed E-state index contributed by atoms with van der Waals surface area (Å²) in [6.07, 6.45) is 1.71. The fraction of sp³-hybridized carbons (Fsp3) is 0.250. The Kier molecular flexibility index (Phi) is 5.87. The first-order chi connectivity index (χ1) is 14.9. The van der Waals surface area contributed by atoms with Crippen LogP contribution in [0, 0.1) is 5.82 Å². The Labute approximate surface area is 181 Å². The maximum atomic E-state index is 13.2. The summed E-state index contributed by atoms with van der Waals surface area (Å²) in [4.78, 5) is 0. The molecule has 1 aliphatic rings. The molecule has 5 nitrogen and oxygen atoms in total. The number of hydrogen-bond donors (Lipinski definition) is 1. The molecule has 0 aromatic heterocycles. The molecule has 0 amide bonds. The summed E-state index contributed by atoms with van der Waals surface area (Å²) in [6.45, 7) is 0. The summed E-state index contributed by atoms with van der Waals surface area (Å²) in [5, 5.41) is 9.94. The Hall–Kier alpha value is -3.06. The van der Waals surface area contributed by atoms with Crippen molar-refractivity contribution in [1.82, 2.24) is 0 Å². The Bertz CT molecular complexity index is 1150. The lowest BCUT2D eigenvalue weighted by Gasteiger charge is -2.48. The fourth-order valence-electron chi connectivity index (χ4n) is 4.13. The average Bonchev–Trinajstić information content (AvgIpc) is 2.77. The summed E-state index contributed by atoms with van der Waals surface area (Å²) in [5.74, 6) is 0.213. The highest BCUT2D eigenvalue weighted by atomic mass is 32.2. The van der Waals surface area contributed by atoms with Crippen LogP contribution in [0.4, 0.5) is 10.1 Å². The molecule has 3 aromatic rings. The molecule has 1 aliphatic heterocycles. The molecule has 1 saturated heterocycles. The van der Waals surface area contributed by atoms with Gasteiger partial charge in [0.15, 0.2) is 0 Å². The van der Waals surface area contributed by atoms with E-state index in [1.807, 2.05) is 6.07 Å². The van der Waals surface area contributed by atoms with Crippen molar-refractivity contribution in [3.8, 4) is 11.5 Å². The van der Waals surface area contributed by atoms with Gasteiger partial charge in [0.1, 0.15) is 22.6 Å². The number of ether oxygens (including phenoxy) is 1. The van der Waals surface area contributed by atoms with Crippen LogP contribution < -0.4 is 9.04 Å². The largest absolute Gasteiger partial charge is 0.507 e. The Morgan fingerprint density at radius 3 is 2.39 bits per heavy atom. The smallest absolute Gasteiger partial charge is 0.241 e. The van der Waals surface area contributed by atoms with Gasteiger partial charge in [-0.05, 0) is 61.2 Å². The number of hydrogen-bond acceptors (Lipinski definition) is 4. The van der Waals surface area contributed by atoms with Crippen molar-refractivity contribution in [1.29, 1.82) is 0 Å². The van der Waals surface area contributed by atoms with Gasteiger partial charge >= 0.3 is 0 Å². The SMILES string of the molecule is COc1ccc([C@@H]2[C@H](CCCc3ccc(F)cc3)S(=O)(=O)N2c2ccccc2)c(O)c1. The second-order valence-corrected chi connectivity index (χ2v) is 9.63. The predicted molar refractivity (Wildman–Crippen MR) is 118 cm³/mol. The van der Waals surface area contributed by atoms with Gasteiger partial charge in [-0.1, -0.05) is 30.3 Å². The molecule has 2 atom stereocenters. The van der Waals surface area contributed by atoms with Crippen molar-refractivity contribution < 1.29 is 22.7 Å². The second kappa shape index (κ2) is 8.59. The molecule has 1 heterocycles. The first-order valence-corrected chi connectivity index (χ1v) is 11.6. The van der Waals surface area contributed by atoms with E-state index in [4.69, 9.17) is 4.74 Å². The minimum Gasteiger partial charge on any atom is -0.507 e. The zero-order valence-corrected chi connectivity index (χ0v) is 17.9. The number of rotatable bonds is 7. The average molecular weight is 442 g/mol. The summed E-state index contributed by atoms with van der Waals surface area (Å²) < 4.78 is 46.1. The minimum atomic E-state index is -3.58. The first kappa shape index (κ1) is 21.2. The lowest BCUT2D eigenvalue weighted by Crippen LogP contribution is -2.58. The molecular formula is C24H24FNO4S. The van der Waals surface area contributed by atoms with Crippen molar-refractivity contribution in [3.05, 3.63) is 89.7 Å². The second-order valence-electron chi connectivity index (χ2n) is 7.60. The minimum absolute atomic E-state index is 0.00344. The third-order valence-electron chi connectivity index (χ3n) is 5.70. The van der Waals surface area contributed by atoms with Gasteiger partial charge < -0.3 is 9.84 Å². The molecule has 7 heteroatoms. The van der Waals surface area contributed by atoms with E-state index in [0.29, 0.717) is 36.3 Å². The molecule has 1 N–H and O–H groups in total. The van der Waals surface area contributed by atoms with E-state index in [-0.39, 0.29) is 11.6 Å². The van der Waals surface area contributed by atoms with E-state index in [2.05, 4.69) is 0 Å². The van der Waals surface area contributed by atoms with Crippen LogP contribution in [-0.2, 0) is 16.4 Å². The first-order valence-electron chi connectivity index (χ1n) is 10.1. The van der Waals surface area contributed by atoms with Crippen molar-refractivity contribution in [2.75, 3.05) is 11.4 Å². The number of aryl methyl sites for hydroxylation is 1. The molecule has 0 saturated carbocycles. The van der Waals surface area contributed by atoms with Crippen LogP contribution in [-0.4, -0.2) is 25.9 Å². The number of halogens is 1. The van der Waals surface area contributed by atoms with Crippen molar-refractivity contribution in [2.45, 2.75) is 30.6 Å². The van der Waals surface area contributed by atoms with Gasteiger partial charge in [0.25, 0.3) is 0 Å².